The van der Waals surface area contributed by atoms with E-state index >= 15 is 0 Å². The molecule has 0 bridgehead atoms. The summed E-state index contributed by atoms with van der Waals surface area (Å²) in [4.78, 5) is 0. The highest BCUT2D eigenvalue weighted by Crippen LogP contribution is 2.18. The molecule has 17 heavy (non-hydrogen) atoms. The molecule has 0 atom stereocenters. The fourth-order valence-corrected chi connectivity index (χ4v) is 1.79. The van der Waals surface area contributed by atoms with Crippen molar-refractivity contribution >= 4 is 32.2 Å². The molecule has 0 saturated carbocycles. The fourth-order valence-electron chi connectivity index (χ4n) is 0.890. The highest BCUT2D eigenvalue weighted by Gasteiger charge is 2.27. The maximum atomic E-state index is 13.4. The smallest absolute Gasteiger partial charge is 0.206 e. The van der Waals surface area contributed by atoms with Crippen molar-refractivity contribution in [2.24, 2.45) is 4.40 Å². The Morgan fingerprint density at radius 1 is 1.35 bits per heavy atom. The topological polar surface area (TPSA) is 46.5 Å². The van der Waals surface area contributed by atoms with Crippen molar-refractivity contribution in [2.75, 3.05) is 0 Å². The summed E-state index contributed by atoms with van der Waals surface area (Å²) in [6.07, 6.45) is 1.03. The number of hydrogen-bond acceptors (Lipinski definition) is 2. The molecule has 0 amide bonds. The van der Waals surface area contributed by atoms with E-state index in [1.165, 1.54) is 32.9 Å². The summed E-state index contributed by atoms with van der Waals surface area (Å²) < 4.78 is 39.8. The molecule has 0 N–H and O–H groups in total. The molecular formula is C11H13BrFNO2S. The lowest BCUT2D eigenvalue weighted by Crippen LogP contribution is -2.25. The Bertz CT molecular complexity index is 547. The Balaban J connectivity index is 3.08. The van der Waals surface area contributed by atoms with Gasteiger partial charge in [0, 0.05) is 10.0 Å². The molecule has 94 valence electrons. The number of rotatable bonds is 2. The second-order valence-corrected chi connectivity index (χ2v) is 7.79. The molecule has 0 spiro atoms. The molecule has 1 aromatic rings. The highest BCUT2D eigenvalue weighted by molar-refractivity contribution is 9.10. The Labute approximate surface area is 109 Å². The lowest BCUT2D eigenvalue weighted by atomic mass is 10.2. The number of nitrogens with zero attached hydrogens (tertiary/aromatic N) is 1. The third-order valence-corrected chi connectivity index (χ3v) is 4.49. The van der Waals surface area contributed by atoms with E-state index in [2.05, 4.69) is 20.3 Å². The summed E-state index contributed by atoms with van der Waals surface area (Å²) in [6.45, 7) is 4.62. The van der Waals surface area contributed by atoms with Gasteiger partial charge in [-0.2, -0.15) is 4.40 Å². The van der Waals surface area contributed by atoms with Gasteiger partial charge in [0.25, 0.3) is 10.0 Å². The van der Waals surface area contributed by atoms with Gasteiger partial charge in [0.2, 0.25) is 0 Å². The predicted molar refractivity (Wildman–Crippen MR) is 70.4 cm³/mol. The van der Waals surface area contributed by atoms with E-state index in [0.717, 1.165) is 6.21 Å². The van der Waals surface area contributed by atoms with Crippen LogP contribution in [-0.2, 0) is 10.0 Å². The predicted octanol–water partition coefficient (Wildman–Crippen LogP) is 3.14. The van der Waals surface area contributed by atoms with Gasteiger partial charge in [0.05, 0.1) is 11.0 Å². The minimum Gasteiger partial charge on any atom is -0.206 e. The standard InChI is InChI=1S/C11H13BrFNO2S/c1-11(2,3)17(15,16)14-7-8-4-5-9(12)6-10(8)13/h4-7H,1-3H3. The van der Waals surface area contributed by atoms with Crippen LogP contribution in [0.4, 0.5) is 4.39 Å². The zero-order valence-electron chi connectivity index (χ0n) is 9.74. The minimum absolute atomic E-state index is 0.140. The molecule has 0 unspecified atom stereocenters. The molecular weight excluding hydrogens is 309 g/mol. The first-order chi connectivity index (χ1) is 7.63. The van der Waals surface area contributed by atoms with Gasteiger partial charge in [-0.25, -0.2) is 12.8 Å². The van der Waals surface area contributed by atoms with Crippen LogP contribution >= 0.6 is 15.9 Å². The molecule has 0 fully saturated rings. The van der Waals surface area contributed by atoms with Crippen molar-refractivity contribution in [3.05, 3.63) is 34.1 Å². The normalized spacial score (nSPS) is 13.2. The lowest BCUT2D eigenvalue weighted by molar-refractivity contribution is 0.562. The van der Waals surface area contributed by atoms with Crippen LogP contribution in [0.2, 0.25) is 0 Å². The lowest BCUT2D eigenvalue weighted by Gasteiger charge is -2.14. The van der Waals surface area contributed by atoms with Crippen LogP contribution in [0.1, 0.15) is 26.3 Å². The molecule has 0 aliphatic carbocycles. The molecule has 0 heterocycles. The Morgan fingerprint density at radius 2 is 1.94 bits per heavy atom. The second-order valence-electron chi connectivity index (χ2n) is 4.49. The molecule has 0 radical (unpaired) electrons. The van der Waals surface area contributed by atoms with E-state index in [1.807, 2.05) is 0 Å². The van der Waals surface area contributed by atoms with Crippen molar-refractivity contribution in [2.45, 2.75) is 25.5 Å². The molecule has 1 rings (SSSR count). The maximum absolute atomic E-state index is 13.4. The number of halogens is 2. The minimum atomic E-state index is -3.63. The molecule has 6 heteroatoms. The fraction of sp³-hybridized carbons (Fsp3) is 0.364. The molecule has 3 nitrogen and oxygen atoms in total. The number of benzene rings is 1. The molecule has 0 aliphatic heterocycles. The van der Waals surface area contributed by atoms with Crippen molar-refractivity contribution in [1.82, 2.24) is 0 Å². The number of hydrogen-bond donors (Lipinski definition) is 0. The van der Waals surface area contributed by atoms with Gasteiger partial charge in [0.1, 0.15) is 5.82 Å². The van der Waals surface area contributed by atoms with Crippen LogP contribution in [0.5, 0.6) is 0 Å². The SMILES string of the molecule is CC(C)(C)S(=O)(=O)N=Cc1ccc(Br)cc1F. The van der Waals surface area contributed by atoms with Gasteiger partial charge in [-0.1, -0.05) is 15.9 Å². The monoisotopic (exact) mass is 321 g/mol. The Hall–Kier alpha value is -0.750. The zero-order valence-corrected chi connectivity index (χ0v) is 12.1. The summed E-state index contributed by atoms with van der Waals surface area (Å²) >= 11 is 3.12. The highest BCUT2D eigenvalue weighted by atomic mass is 79.9. The van der Waals surface area contributed by atoms with E-state index in [-0.39, 0.29) is 5.56 Å². The van der Waals surface area contributed by atoms with Crippen LogP contribution in [0.15, 0.2) is 27.1 Å². The first-order valence-corrected chi connectivity index (χ1v) is 7.12. The van der Waals surface area contributed by atoms with Gasteiger partial charge >= 0.3 is 0 Å². The van der Waals surface area contributed by atoms with Gasteiger partial charge < -0.3 is 0 Å². The molecule has 0 aromatic heterocycles. The first kappa shape index (κ1) is 14.3. The van der Waals surface area contributed by atoms with E-state index < -0.39 is 20.6 Å². The third-order valence-electron chi connectivity index (χ3n) is 2.07. The van der Waals surface area contributed by atoms with E-state index in [4.69, 9.17) is 0 Å². The molecule has 0 saturated heterocycles. The average molecular weight is 322 g/mol. The molecule has 0 aliphatic rings. The van der Waals surface area contributed by atoms with Gasteiger partial charge in [-0.3, -0.25) is 0 Å². The van der Waals surface area contributed by atoms with Crippen molar-refractivity contribution < 1.29 is 12.8 Å². The van der Waals surface area contributed by atoms with Crippen molar-refractivity contribution in [1.29, 1.82) is 0 Å². The van der Waals surface area contributed by atoms with Crippen LogP contribution < -0.4 is 0 Å². The summed E-state index contributed by atoms with van der Waals surface area (Å²) in [7, 11) is -3.63. The zero-order chi connectivity index (χ0) is 13.3. The average Bonchev–Trinajstić information content (AvgIpc) is 2.14. The van der Waals surface area contributed by atoms with E-state index in [0.29, 0.717) is 4.47 Å². The summed E-state index contributed by atoms with van der Waals surface area (Å²) in [6, 6.07) is 4.33. The van der Waals surface area contributed by atoms with Gasteiger partial charge in [-0.05, 0) is 39.0 Å². The summed E-state index contributed by atoms with van der Waals surface area (Å²) in [5.74, 6) is -0.521. The maximum Gasteiger partial charge on any atom is 0.258 e. The second kappa shape index (κ2) is 4.86. The van der Waals surface area contributed by atoms with Crippen LogP contribution in [0, 0.1) is 5.82 Å². The van der Waals surface area contributed by atoms with Crippen LogP contribution in [0.25, 0.3) is 0 Å². The summed E-state index contributed by atoms with van der Waals surface area (Å²) in [5, 5.41) is 0. The third kappa shape index (κ3) is 3.61. The Morgan fingerprint density at radius 3 is 2.41 bits per heavy atom. The first-order valence-electron chi connectivity index (χ1n) is 4.88. The van der Waals surface area contributed by atoms with Gasteiger partial charge in [0.15, 0.2) is 0 Å². The van der Waals surface area contributed by atoms with Crippen LogP contribution in [-0.4, -0.2) is 19.4 Å². The quantitative estimate of drug-likeness (QED) is 0.785. The number of sulfonamides is 1. The Kier molecular flexibility index (Phi) is 4.09. The van der Waals surface area contributed by atoms with E-state index in [9.17, 15) is 12.8 Å². The van der Waals surface area contributed by atoms with Crippen molar-refractivity contribution in [3.8, 4) is 0 Å². The van der Waals surface area contributed by atoms with Crippen molar-refractivity contribution in [3.63, 3.8) is 0 Å². The largest absolute Gasteiger partial charge is 0.258 e. The van der Waals surface area contributed by atoms with E-state index in [1.54, 1.807) is 6.07 Å². The van der Waals surface area contributed by atoms with Crippen LogP contribution in [0.3, 0.4) is 0 Å². The summed E-state index contributed by atoms with van der Waals surface area (Å²) in [5.41, 5.74) is 0.140. The molecule has 1 aromatic carbocycles. The van der Waals surface area contributed by atoms with Gasteiger partial charge in [-0.15, -0.1) is 0 Å².